The van der Waals surface area contributed by atoms with E-state index in [1.807, 2.05) is 24.1 Å². The molecule has 1 aromatic rings. The van der Waals surface area contributed by atoms with Gasteiger partial charge < -0.3 is 10.2 Å². The molecule has 2 heterocycles. The third kappa shape index (κ3) is 5.65. The molecule has 4 nitrogen and oxygen atoms in total. The van der Waals surface area contributed by atoms with Crippen LogP contribution in [0.3, 0.4) is 0 Å². The lowest BCUT2D eigenvalue weighted by Gasteiger charge is -2.27. The van der Waals surface area contributed by atoms with Gasteiger partial charge in [0.2, 0.25) is 5.91 Å². The SMILES string of the molecule is CN(CCc1ccncc1)C(=O)[C@@H]1CCCNC1.Cl.Cl. The van der Waals surface area contributed by atoms with Gasteiger partial charge in [-0.1, -0.05) is 0 Å². The van der Waals surface area contributed by atoms with Crippen molar-refractivity contribution in [2.24, 2.45) is 5.92 Å². The number of pyridine rings is 1. The number of amides is 1. The zero-order valence-corrected chi connectivity index (χ0v) is 13.4. The number of hydrogen-bond acceptors (Lipinski definition) is 3. The van der Waals surface area contributed by atoms with Crippen molar-refractivity contribution in [3.63, 3.8) is 0 Å². The average molecular weight is 320 g/mol. The number of nitrogens with zero attached hydrogens (tertiary/aromatic N) is 2. The molecule has 2 rings (SSSR count). The fourth-order valence-electron chi connectivity index (χ4n) is 2.33. The van der Waals surface area contributed by atoms with Crippen molar-refractivity contribution in [1.29, 1.82) is 0 Å². The molecule has 1 N–H and O–H groups in total. The number of likely N-dealkylation sites (N-methyl/N-ethyl adjacent to an activating group) is 1. The standard InChI is InChI=1S/C14H21N3O.2ClH/c1-17(10-6-12-4-8-15-9-5-12)14(18)13-3-2-7-16-11-13;;/h4-5,8-9,13,16H,2-3,6-7,10-11H2,1H3;2*1H/t13-;;/m1../s1. The second-order valence-corrected chi connectivity index (χ2v) is 4.91. The molecule has 1 aromatic heterocycles. The summed E-state index contributed by atoms with van der Waals surface area (Å²) in [4.78, 5) is 18.0. The normalized spacial score (nSPS) is 17.6. The number of aromatic nitrogens is 1. The molecule has 0 radical (unpaired) electrons. The zero-order chi connectivity index (χ0) is 12.8. The lowest BCUT2D eigenvalue weighted by atomic mass is 9.98. The molecule has 0 unspecified atom stereocenters. The first-order valence-corrected chi connectivity index (χ1v) is 6.62. The van der Waals surface area contributed by atoms with Gasteiger partial charge in [-0.15, -0.1) is 24.8 Å². The molecule has 20 heavy (non-hydrogen) atoms. The van der Waals surface area contributed by atoms with Crippen molar-refractivity contribution in [2.75, 3.05) is 26.7 Å². The Morgan fingerprint density at radius 1 is 1.40 bits per heavy atom. The smallest absolute Gasteiger partial charge is 0.226 e. The predicted molar refractivity (Wildman–Crippen MR) is 85.7 cm³/mol. The van der Waals surface area contributed by atoms with Crippen LogP contribution in [0, 0.1) is 5.92 Å². The van der Waals surface area contributed by atoms with Gasteiger partial charge in [-0.2, -0.15) is 0 Å². The third-order valence-electron chi connectivity index (χ3n) is 3.51. The maximum absolute atomic E-state index is 12.2. The second kappa shape index (κ2) is 9.97. The van der Waals surface area contributed by atoms with E-state index in [4.69, 9.17) is 0 Å². The van der Waals surface area contributed by atoms with E-state index < -0.39 is 0 Å². The summed E-state index contributed by atoms with van der Waals surface area (Å²) in [5.74, 6) is 0.442. The highest BCUT2D eigenvalue weighted by molar-refractivity contribution is 5.85. The van der Waals surface area contributed by atoms with Gasteiger partial charge in [0.05, 0.1) is 5.92 Å². The van der Waals surface area contributed by atoms with Crippen molar-refractivity contribution in [3.05, 3.63) is 30.1 Å². The van der Waals surface area contributed by atoms with E-state index in [0.29, 0.717) is 0 Å². The molecule has 0 aromatic carbocycles. The first-order valence-electron chi connectivity index (χ1n) is 6.62. The Morgan fingerprint density at radius 2 is 2.10 bits per heavy atom. The Bertz CT molecular complexity index is 383. The highest BCUT2D eigenvalue weighted by atomic mass is 35.5. The van der Waals surface area contributed by atoms with E-state index in [-0.39, 0.29) is 36.6 Å². The fraction of sp³-hybridized carbons (Fsp3) is 0.571. The Labute approximate surface area is 133 Å². The minimum atomic E-state index is 0. The zero-order valence-electron chi connectivity index (χ0n) is 11.7. The summed E-state index contributed by atoms with van der Waals surface area (Å²) in [5, 5.41) is 3.29. The van der Waals surface area contributed by atoms with Crippen LogP contribution in [-0.4, -0.2) is 42.5 Å². The third-order valence-corrected chi connectivity index (χ3v) is 3.51. The first-order chi connectivity index (χ1) is 8.77. The van der Waals surface area contributed by atoms with Crippen LogP contribution in [0.5, 0.6) is 0 Å². The number of halogens is 2. The summed E-state index contributed by atoms with van der Waals surface area (Å²) in [6, 6.07) is 4.00. The van der Waals surface area contributed by atoms with Crippen LogP contribution in [0.15, 0.2) is 24.5 Å². The molecular formula is C14H23Cl2N3O. The molecule has 1 aliphatic rings. The van der Waals surface area contributed by atoms with Gasteiger partial charge in [0.1, 0.15) is 0 Å². The summed E-state index contributed by atoms with van der Waals surface area (Å²) in [6.07, 6.45) is 6.61. The lowest BCUT2D eigenvalue weighted by Crippen LogP contribution is -2.42. The van der Waals surface area contributed by atoms with E-state index in [1.165, 1.54) is 5.56 Å². The largest absolute Gasteiger partial charge is 0.345 e. The number of carbonyl (C=O) groups excluding carboxylic acids is 1. The van der Waals surface area contributed by atoms with Crippen molar-refractivity contribution in [2.45, 2.75) is 19.3 Å². The van der Waals surface area contributed by atoms with Crippen molar-refractivity contribution < 1.29 is 4.79 Å². The van der Waals surface area contributed by atoms with Gasteiger partial charge in [-0.3, -0.25) is 9.78 Å². The molecule has 1 aliphatic heterocycles. The molecule has 1 atom stereocenters. The predicted octanol–water partition coefficient (Wildman–Crippen LogP) is 1.93. The van der Waals surface area contributed by atoms with E-state index in [2.05, 4.69) is 10.3 Å². The van der Waals surface area contributed by atoms with Crippen LogP contribution < -0.4 is 5.32 Å². The summed E-state index contributed by atoms with van der Waals surface area (Å²) in [7, 11) is 1.90. The quantitative estimate of drug-likeness (QED) is 0.922. The lowest BCUT2D eigenvalue weighted by molar-refractivity contribution is -0.134. The van der Waals surface area contributed by atoms with Crippen LogP contribution in [0.2, 0.25) is 0 Å². The van der Waals surface area contributed by atoms with Crippen LogP contribution in [0.4, 0.5) is 0 Å². The maximum atomic E-state index is 12.2. The molecule has 1 amide bonds. The van der Waals surface area contributed by atoms with Gasteiger partial charge in [-0.05, 0) is 43.5 Å². The second-order valence-electron chi connectivity index (χ2n) is 4.91. The average Bonchev–Trinajstić information content (AvgIpc) is 2.46. The molecule has 0 bridgehead atoms. The van der Waals surface area contributed by atoms with Gasteiger partial charge in [0, 0.05) is 32.5 Å². The molecule has 114 valence electrons. The highest BCUT2D eigenvalue weighted by Gasteiger charge is 2.23. The van der Waals surface area contributed by atoms with Gasteiger partial charge >= 0.3 is 0 Å². The minimum Gasteiger partial charge on any atom is -0.345 e. The molecular weight excluding hydrogens is 297 g/mol. The number of rotatable bonds is 4. The molecule has 0 spiro atoms. The van der Waals surface area contributed by atoms with E-state index >= 15 is 0 Å². The Hall–Kier alpha value is -0.840. The van der Waals surface area contributed by atoms with Crippen LogP contribution >= 0.6 is 24.8 Å². The Kier molecular flexibility index (Phi) is 9.55. The number of hydrogen-bond donors (Lipinski definition) is 1. The van der Waals surface area contributed by atoms with Crippen LogP contribution in [0.25, 0.3) is 0 Å². The fourth-order valence-corrected chi connectivity index (χ4v) is 2.33. The topological polar surface area (TPSA) is 45.2 Å². The monoisotopic (exact) mass is 319 g/mol. The van der Waals surface area contributed by atoms with Gasteiger partial charge in [0.15, 0.2) is 0 Å². The Morgan fingerprint density at radius 3 is 2.70 bits per heavy atom. The van der Waals surface area contributed by atoms with E-state index in [0.717, 1.165) is 38.9 Å². The van der Waals surface area contributed by atoms with Gasteiger partial charge in [-0.25, -0.2) is 0 Å². The number of piperidine rings is 1. The minimum absolute atomic E-state index is 0. The van der Waals surface area contributed by atoms with E-state index in [1.54, 1.807) is 12.4 Å². The molecule has 1 fully saturated rings. The van der Waals surface area contributed by atoms with Crippen molar-refractivity contribution in [1.82, 2.24) is 15.2 Å². The summed E-state index contributed by atoms with van der Waals surface area (Å²) in [6.45, 7) is 2.66. The maximum Gasteiger partial charge on any atom is 0.226 e. The van der Waals surface area contributed by atoms with Crippen molar-refractivity contribution >= 4 is 30.7 Å². The molecule has 0 saturated carbocycles. The highest BCUT2D eigenvalue weighted by Crippen LogP contribution is 2.13. The first kappa shape index (κ1) is 19.2. The van der Waals surface area contributed by atoms with Gasteiger partial charge in [0.25, 0.3) is 0 Å². The summed E-state index contributed by atoms with van der Waals surface area (Å²) in [5.41, 5.74) is 1.23. The number of nitrogens with one attached hydrogen (secondary N) is 1. The molecule has 0 aliphatic carbocycles. The summed E-state index contributed by atoms with van der Waals surface area (Å²) >= 11 is 0. The van der Waals surface area contributed by atoms with Crippen LogP contribution in [-0.2, 0) is 11.2 Å². The van der Waals surface area contributed by atoms with Crippen LogP contribution in [0.1, 0.15) is 18.4 Å². The van der Waals surface area contributed by atoms with E-state index in [9.17, 15) is 4.79 Å². The summed E-state index contributed by atoms with van der Waals surface area (Å²) < 4.78 is 0. The molecule has 1 saturated heterocycles. The Balaban J connectivity index is 0.00000180. The molecule has 6 heteroatoms. The van der Waals surface area contributed by atoms with Crippen molar-refractivity contribution in [3.8, 4) is 0 Å². The number of carbonyl (C=O) groups is 1.